The fourth-order valence-electron chi connectivity index (χ4n) is 2.02. The lowest BCUT2D eigenvalue weighted by atomic mass is 10.2. The molecule has 1 aromatic rings. The fraction of sp³-hybridized carbons (Fsp3) is 0.545. The summed E-state index contributed by atoms with van der Waals surface area (Å²) in [6.45, 7) is 2.95. The van der Waals surface area contributed by atoms with Crippen LogP contribution in [0, 0.1) is 0 Å². The number of nitrogens with zero attached hydrogens (tertiary/aromatic N) is 3. The van der Waals surface area contributed by atoms with Crippen LogP contribution in [0.2, 0.25) is 5.02 Å². The number of rotatable bonds is 3. The molecule has 2 rings (SSSR count). The summed E-state index contributed by atoms with van der Waals surface area (Å²) in [5, 5.41) is 0.462. The predicted molar refractivity (Wildman–Crippen MR) is 64.0 cm³/mol. The Kier molecular flexibility index (Phi) is 3.78. The lowest BCUT2D eigenvalue weighted by Crippen LogP contribution is -2.38. The zero-order chi connectivity index (χ0) is 12.3. The third kappa shape index (κ3) is 2.49. The Morgan fingerprint density at radius 3 is 3.24 bits per heavy atom. The van der Waals surface area contributed by atoms with Crippen LogP contribution in [0.15, 0.2) is 12.5 Å². The molecule has 6 heteroatoms. The molecule has 0 N–H and O–H groups in total. The predicted octanol–water partition coefficient (Wildman–Crippen LogP) is 1.66. The van der Waals surface area contributed by atoms with Crippen molar-refractivity contribution in [2.24, 2.45) is 0 Å². The van der Waals surface area contributed by atoms with Crippen molar-refractivity contribution in [3.05, 3.63) is 17.5 Å². The number of carbonyl (C=O) groups is 1. The van der Waals surface area contributed by atoms with Crippen LogP contribution in [0.1, 0.15) is 19.8 Å². The van der Waals surface area contributed by atoms with Crippen LogP contribution in [0.4, 0.5) is 5.82 Å². The van der Waals surface area contributed by atoms with Gasteiger partial charge < -0.3 is 9.64 Å². The van der Waals surface area contributed by atoms with Crippen LogP contribution < -0.4 is 4.90 Å². The summed E-state index contributed by atoms with van der Waals surface area (Å²) in [5.74, 6) is 0.400. The Morgan fingerprint density at radius 1 is 1.71 bits per heavy atom. The van der Waals surface area contributed by atoms with Crippen LogP contribution in [0.5, 0.6) is 0 Å². The van der Waals surface area contributed by atoms with Gasteiger partial charge in [0.05, 0.1) is 12.8 Å². The first-order valence-electron chi connectivity index (χ1n) is 5.62. The van der Waals surface area contributed by atoms with Crippen LogP contribution in [0.25, 0.3) is 0 Å². The van der Waals surface area contributed by atoms with E-state index in [-0.39, 0.29) is 12.0 Å². The number of anilines is 1. The number of halogens is 1. The van der Waals surface area contributed by atoms with Crippen molar-refractivity contribution in [2.45, 2.75) is 25.8 Å². The van der Waals surface area contributed by atoms with E-state index in [1.54, 1.807) is 6.92 Å². The first-order valence-corrected chi connectivity index (χ1v) is 6.00. The molecule has 0 aromatic carbocycles. The van der Waals surface area contributed by atoms with Crippen molar-refractivity contribution in [3.63, 3.8) is 0 Å². The van der Waals surface area contributed by atoms with E-state index in [4.69, 9.17) is 16.3 Å². The van der Waals surface area contributed by atoms with E-state index in [1.807, 2.05) is 4.90 Å². The van der Waals surface area contributed by atoms with E-state index < -0.39 is 0 Å². The largest absolute Gasteiger partial charge is 0.464 e. The average Bonchev–Trinajstić information content (AvgIpc) is 2.79. The molecule has 1 unspecified atom stereocenters. The van der Waals surface area contributed by atoms with E-state index >= 15 is 0 Å². The molecular weight excluding hydrogens is 242 g/mol. The number of ether oxygens (including phenoxy) is 1. The summed E-state index contributed by atoms with van der Waals surface area (Å²) >= 11 is 6.03. The van der Waals surface area contributed by atoms with Gasteiger partial charge in [-0.3, -0.25) is 0 Å². The van der Waals surface area contributed by atoms with Gasteiger partial charge in [0, 0.05) is 6.54 Å². The molecule has 2 heterocycles. The Balaban J connectivity index is 2.20. The van der Waals surface area contributed by atoms with Crippen LogP contribution in [-0.4, -0.2) is 35.1 Å². The molecule has 0 spiro atoms. The Labute approximate surface area is 105 Å². The molecule has 0 saturated carbocycles. The van der Waals surface area contributed by atoms with Crippen molar-refractivity contribution in [1.29, 1.82) is 0 Å². The highest BCUT2D eigenvalue weighted by Crippen LogP contribution is 2.29. The van der Waals surface area contributed by atoms with Gasteiger partial charge in [-0.15, -0.1) is 0 Å². The summed E-state index contributed by atoms with van der Waals surface area (Å²) < 4.78 is 5.05. The van der Waals surface area contributed by atoms with Crippen molar-refractivity contribution >= 4 is 23.4 Å². The van der Waals surface area contributed by atoms with Crippen LogP contribution in [-0.2, 0) is 9.53 Å². The third-order valence-electron chi connectivity index (χ3n) is 2.73. The summed E-state index contributed by atoms with van der Waals surface area (Å²) in [5.41, 5.74) is 0. The van der Waals surface area contributed by atoms with Gasteiger partial charge >= 0.3 is 5.97 Å². The van der Waals surface area contributed by atoms with Gasteiger partial charge in [0.1, 0.15) is 17.4 Å². The van der Waals surface area contributed by atoms with Gasteiger partial charge in [-0.1, -0.05) is 11.6 Å². The summed E-state index contributed by atoms with van der Waals surface area (Å²) in [6, 6.07) is -0.276. The highest BCUT2D eigenvalue weighted by Gasteiger charge is 2.33. The Bertz CT molecular complexity index is 413. The van der Waals surface area contributed by atoms with E-state index in [9.17, 15) is 4.79 Å². The first kappa shape index (κ1) is 12.1. The quantitative estimate of drug-likeness (QED) is 0.769. The molecule has 17 heavy (non-hydrogen) atoms. The van der Waals surface area contributed by atoms with Crippen LogP contribution in [0.3, 0.4) is 0 Å². The molecule has 92 valence electrons. The molecule has 5 nitrogen and oxygen atoms in total. The summed E-state index contributed by atoms with van der Waals surface area (Å²) in [4.78, 5) is 21.6. The molecule has 1 aliphatic heterocycles. The van der Waals surface area contributed by atoms with E-state index in [0.717, 1.165) is 19.4 Å². The monoisotopic (exact) mass is 255 g/mol. The normalized spacial score (nSPS) is 19.4. The molecular formula is C11H14ClN3O2. The minimum atomic E-state index is -0.276. The molecule has 1 aliphatic rings. The molecule has 1 saturated heterocycles. The fourth-order valence-corrected chi connectivity index (χ4v) is 2.23. The smallest absolute Gasteiger partial charge is 0.328 e. The lowest BCUT2D eigenvalue weighted by molar-refractivity contribution is -0.144. The standard InChI is InChI=1S/C11H14ClN3O2/c1-2-17-11(16)9-4-3-5-15(9)10-8(12)6-13-7-14-10/h6-7,9H,2-5H2,1H3. The highest BCUT2D eigenvalue weighted by molar-refractivity contribution is 6.32. The van der Waals surface area contributed by atoms with Crippen molar-refractivity contribution in [2.75, 3.05) is 18.1 Å². The van der Waals surface area contributed by atoms with Gasteiger partial charge in [0.2, 0.25) is 0 Å². The van der Waals surface area contributed by atoms with E-state index in [0.29, 0.717) is 17.4 Å². The number of esters is 1. The van der Waals surface area contributed by atoms with Crippen LogP contribution >= 0.6 is 11.6 Å². The van der Waals surface area contributed by atoms with Crippen molar-refractivity contribution in [1.82, 2.24) is 9.97 Å². The minimum Gasteiger partial charge on any atom is -0.464 e. The third-order valence-corrected chi connectivity index (χ3v) is 3.00. The Morgan fingerprint density at radius 2 is 2.53 bits per heavy atom. The molecule has 0 radical (unpaired) electrons. The molecule has 1 atom stereocenters. The SMILES string of the molecule is CCOC(=O)C1CCCN1c1ncncc1Cl. The maximum atomic E-state index is 11.8. The topological polar surface area (TPSA) is 55.3 Å². The van der Waals surface area contributed by atoms with Gasteiger partial charge in [-0.2, -0.15) is 0 Å². The van der Waals surface area contributed by atoms with Crippen molar-refractivity contribution in [3.8, 4) is 0 Å². The number of carbonyl (C=O) groups excluding carboxylic acids is 1. The second kappa shape index (κ2) is 5.31. The second-order valence-corrected chi connectivity index (χ2v) is 4.20. The maximum Gasteiger partial charge on any atom is 0.328 e. The lowest BCUT2D eigenvalue weighted by Gasteiger charge is -2.24. The first-order chi connectivity index (χ1) is 8.24. The number of hydrogen-bond acceptors (Lipinski definition) is 5. The zero-order valence-electron chi connectivity index (χ0n) is 9.60. The van der Waals surface area contributed by atoms with Gasteiger partial charge in [0.25, 0.3) is 0 Å². The highest BCUT2D eigenvalue weighted by atomic mass is 35.5. The van der Waals surface area contributed by atoms with Gasteiger partial charge in [-0.05, 0) is 19.8 Å². The molecule has 0 amide bonds. The van der Waals surface area contributed by atoms with Gasteiger partial charge in [0.15, 0.2) is 5.82 Å². The number of aromatic nitrogens is 2. The second-order valence-electron chi connectivity index (χ2n) is 3.80. The van der Waals surface area contributed by atoms with E-state index in [1.165, 1.54) is 12.5 Å². The minimum absolute atomic E-state index is 0.209. The summed E-state index contributed by atoms with van der Waals surface area (Å²) in [6.07, 6.45) is 4.68. The molecule has 0 bridgehead atoms. The van der Waals surface area contributed by atoms with Gasteiger partial charge in [-0.25, -0.2) is 14.8 Å². The van der Waals surface area contributed by atoms with E-state index in [2.05, 4.69) is 9.97 Å². The molecule has 1 aromatic heterocycles. The maximum absolute atomic E-state index is 11.8. The molecule has 1 fully saturated rings. The number of hydrogen-bond donors (Lipinski definition) is 0. The zero-order valence-corrected chi connectivity index (χ0v) is 10.4. The summed E-state index contributed by atoms with van der Waals surface area (Å²) in [7, 11) is 0. The Hall–Kier alpha value is -1.36. The van der Waals surface area contributed by atoms with Crippen molar-refractivity contribution < 1.29 is 9.53 Å². The average molecular weight is 256 g/mol. The molecule has 0 aliphatic carbocycles.